The minimum atomic E-state index is -0.109. The van der Waals surface area contributed by atoms with Crippen molar-refractivity contribution in [2.24, 2.45) is 0 Å². The number of aromatic hydroxyl groups is 1. The van der Waals surface area contributed by atoms with Gasteiger partial charge >= 0.3 is 0 Å². The van der Waals surface area contributed by atoms with Crippen molar-refractivity contribution in [1.29, 1.82) is 0 Å². The van der Waals surface area contributed by atoms with Gasteiger partial charge in [0.15, 0.2) is 0 Å². The summed E-state index contributed by atoms with van der Waals surface area (Å²) in [6.45, 7) is 0.604. The molecule has 0 saturated heterocycles. The molecular weight excluding hydrogens is 294 g/mol. The standard InChI is InChI=1S/C15H14ClNO2S/c16-14-6-5-11(18)8-13(14)15(19)17(10-3-4-10)9-12-2-1-7-20-12/h1-2,5-8,10,18H,3-4,9H2. The van der Waals surface area contributed by atoms with E-state index in [2.05, 4.69) is 0 Å². The second-order valence-corrected chi connectivity index (χ2v) is 6.35. The molecule has 1 saturated carbocycles. The van der Waals surface area contributed by atoms with Crippen molar-refractivity contribution >= 4 is 28.8 Å². The van der Waals surface area contributed by atoms with Gasteiger partial charge in [-0.3, -0.25) is 4.79 Å². The number of thiophene rings is 1. The monoisotopic (exact) mass is 307 g/mol. The Balaban J connectivity index is 1.87. The zero-order chi connectivity index (χ0) is 14.1. The Morgan fingerprint density at radius 1 is 1.40 bits per heavy atom. The third-order valence-corrected chi connectivity index (χ3v) is 4.53. The average molecular weight is 308 g/mol. The maximum Gasteiger partial charge on any atom is 0.256 e. The van der Waals surface area contributed by atoms with Gasteiger partial charge in [0.1, 0.15) is 5.75 Å². The van der Waals surface area contributed by atoms with Crippen LogP contribution in [0.15, 0.2) is 35.7 Å². The maximum atomic E-state index is 12.7. The Hall–Kier alpha value is -1.52. The number of hydrogen-bond acceptors (Lipinski definition) is 3. The normalized spacial score (nSPS) is 14.2. The molecule has 2 aromatic rings. The third kappa shape index (κ3) is 2.81. The molecule has 0 unspecified atom stereocenters. The number of nitrogens with zero attached hydrogens (tertiary/aromatic N) is 1. The summed E-state index contributed by atoms with van der Waals surface area (Å²) in [6.07, 6.45) is 2.07. The van der Waals surface area contributed by atoms with Crippen LogP contribution in [-0.2, 0) is 6.54 Å². The molecule has 104 valence electrons. The lowest BCUT2D eigenvalue weighted by Gasteiger charge is -2.22. The molecule has 1 amide bonds. The van der Waals surface area contributed by atoms with E-state index >= 15 is 0 Å². The predicted molar refractivity (Wildman–Crippen MR) is 80.3 cm³/mol. The largest absolute Gasteiger partial charge is 0.508 e. The van der Waals surface area contributed by atoms with Crippen LogP contribution in [0.4, 0.5) is 0 Å². The van der Waals surface area contributed by atoms with Crippen LogP contribution in [0.1, 0.15) is 28.1 Å². The molecule has 0 spiro atoms. The van der Waals surface area contributed by atoms with Crippen LogP contribution < -0.4 is 0 Å². The van der Waals surface area contributed by atoms with E-state index in [4.69, 9.17) is 11.6 Å². The van der Waals surface area contributed by atoms with Crippen molar-refractivity contribution in [2.75, 3.05) is 0 Å². The number of halogens is 1. The van der Waals surface area contributed by atoms with Crippen LogP contribution >= 0.6 is 22.9 Å². The van der Waals surface area contributed by atoms with Gasteiger partial charge in [0.2, 0.25) is 0 Å². The van der Waals surface area contributed by atoms with Gasteiger partial charge in [0, 0.05) is 10.9 Å². The first-order valence-corrected chi connectivity index (χ1v) is 7.73. The quantitative estimate of drug-likeness (QED) is 0.930. The second-order valence-electron chi connectivity index (χ2n) is 4.91. The molecule has 0 bridgehead atoms. The number of hydrogen-bond donors (Lipinski definition) is 1. The molecule has 0 aliphatic heterocycles. The Labute approximate surface area is 126 Å². The average Bonchev–Trinajstić information content (AvgIpc) is 3.15. The minimum Gasteiger partial charge on any atom is -0.508 e. The number of rotatable bonds is 4. The highest BCUT2D eigenvalue weighted by molar-refractivity contribution is 7.09. The second kappa shape index (κ2) is 5.46. The summed E-state index contributed by atoms with van der Waals surface area (Å²) in [7, 11) is 0. The van der Waals surface area contributed by atoms with E-state index in [-0.39, 0.29) is 11.7 Å². The van der Waals surface area contributed by atoms with Crippen molar-refractivity contribution < 1.29 is 9.90 Å². The fraction of sp³-hybridized carbons (Fsp3) is 0.267. The lowest BCUT2D eigenvalue weighted by atomic mass is 10.1. The zero-order valence-corrected chi connectivity index (χ0v) is 12.3. The number of phenols is 1. The van der Waals surface area contributed by atoms with E-state index in [0.29, 0.717) is 23.2 Å². The lowest BCUT2D eigenvalue weighted by molar-refractivity contribution is 0.0731. The molecule has 1 heterocycles. The molecule has 1 aromatic carbocycles. The summed E-state index contributed by atoms with van der Waals surface area (Å²) < 4.78 is 0. The van der Waals surface area contributed by atoms with E-state index in [9.17, 15) is 9.90 Å². The first kappa shape index (κ1) is 13.5. The van der Waals surface area contributed by atoms with E-state index in [1.54, 1.807) is 17.4 Å². The highest BCUT2D eigenvalue weighted by atomic mass is 35.5. The molecule has 5 heteroatoms. The molecule has 1 aliphatic rings. The zero-order valence-electron chi connectivity index (χ0n) is 10.8. The van der Waals surface area contributed by atoms with E-state index in [1.165, 1.54) is 12.1 Å². The number of phenolic OH excluding ortho intramolecular Hbond substituents is 1. The van der Waals surface area contributed by atoms with Crippen molar-refractivity contribution in [1.82, 2.24) is 4.90 Å². The topological polar surface area (TPSA) is 40.5 Å². The van der Waals surface area contributed by atoms with Gasteiger partial charge in [0.25, 0.3) is 5.91 Å². The molecule has 1 fully saturated rings. The van der Waals surface area contributed by atoms with E-state index in [0.717, 1.165) is 17.7 Å². The molecule has 0 radical (unpaired) electrons. The van der Waals surface area contributed by atoms with Crippen LogP contribution in [-0.4, -0.2) is 22.0 Å². The highest BCUT2D eigenvalue weighted by Gasteiger charge is 2.34. The smallest absolute Gasteiger partial charge is 0.256 e. The van der Waals surface area contributed by atoms with Gasteiger partial charge in [-0.05, 0) is 42.5 Å². The van der Waals surface area contributed by atoms with Gasteiger partial charge in [-0.1, -0.05) is 17.7 Å². The fourth-order valence-corrected chi connectivity index (χ4v) is 3.06. The molecule has 3 rings (SSSR count). The fourth-order valence-electron chi connectivity index (χ4n) is 2.16. The molecule has 1 N–H and O–H groups in total. The van der Waals surface area contributed by atoms with Gasteiger partial charge < -0.3 is 10.0 Å². The Morgan fingerprint density at radius 3 is 2.85 bits per heavy atom. The minimum absolute atomic E-state index is 0.0598. The summed E-state index contributed by atoms with van der Waals surface area (Å²) in [5, 5.41) is 11.9. The van der Waals surface area contributed by atoms with Crippen molar-refractivity contribution in [3.8, 4) is 5.75 Å². The number of benzene rings is 1. The molecule has 0 atom stereocenters. The van der Waals surface area contributed by atoms with Crippen molar-refractivity contribution in [2.45, 2.75) is 25.4 Å². The number of carbonyl (C=O) groups excluding carboxylic acids is 1. The first-order chi connectivity index (χ1) is 9.65. The molecule has 20 heavy (non-hydrogen) atoms. The summed E-state index contributed by atoms with van der Waals surface area (Å²) in [5.41, 5.74) is 0.370. The van der Waals surface area contributed by atoms with Crippen LogP contribution in [0.5, 0.6) is 5.75 Å². The highest BCUT2D eigenvalue weighted by Crippen LogP contribution is 2.32. The van der Waals surface area contributed by atoms with Gasteiger partial charge in [0.05, 0.1) is 17.1 Å². The van der Waals surface area contributed by atoms with Crippen LogP contribution in [0, 0.1) is 0 Å². The molecule has 1 aromatic heterocycles. The number of amides is 1. The number of carbonyl (C=O) groups is 1. The van der Waals surface area contributed by atoms with Crippen molar-refractivity contribution in [3.63, 3.8) is 0 Å². The maximum absolute atomic E-state index is 12.7. The Kier molecular flexibility index (Phi) is 3.68. The first-order valence-electron chi connectivity index (χ1n) is 6.47. The summed E-state index contributed by atoms with van der Waals surface area (Å²) in [5.74, 6) is -0.0496. The third-order valence-electron chi connectivity index (χ3n) is 3.34. The SMILES string of the molecule is O=C(c1cc(O)ccc1Cl)N(Cc1cccs1)C1CC1. The predicted octanol–water partition coefficient (Wildman–Crippen LogP) is 3.91. The Morgan fingerprint density at radius 2 is 2.20 bits per heavy atom. The van der Waals surface area contributed by atoms with Crippen LogP contribution in [0.2, 0.25) is 5.02 Å². The van der Waals surface area contributed by atoms with Gasteiger partial charge in [-0.25, -0.2) is 0 Å². The summed E-state index contributed by atoms with van der Waals surface area (Å²) in [6, 6.07) is 8.78. The van der Waals surface area contributed by atoms with Crippen LogP contribution in [0.3, 0.4) is 0 Å². The molecule has 3 nitrogen and oxygen atoms in total. The molecule has 1 aliphatic carbocycles. The Bertz CT molecular complexity index is 623. The van der Waals surface area contributed by atoms with Gasteiger partial charge in [-0.2, -0.15) is 0 Å². The van der Waals surface area contributed by atoms with E-state index in [1.807, 2.05) is 22.4 Å². The van der Waals surface area contributed by atoms with E-state index < -0.39 is 0 Å². The van der Waals surface area contributed by atoms with Gasteiger partial charge in [-0.15, -0.1) is 11.3 Å². The molecular formula is C15H14ClNO2S. The van der Waals surface area contributed by atoms with Crippen molar-refractivity contribution in [3.05, 3.63) is 51.2 Å². The van der Waals surface area contributed by atoms with Crippen LogP contribution in [0.25, 0.3) is 0 Å². The summed E-state index contributed by atoms with van der Waals surface area (Å²) >= 11 is 7.73. The lowest BCUT2D eigenvalue weighted by Crippen LogP contribution is -2.32. The summed E-state index contributed by atoms with van der Waals surface area (Å²) in [4.78, 5) is 15.7.